The van der Waals surface area contributed by atoms with Crippen molar-refractivity contribution in [1.82, 2.24) is 15.5 Å². The number of benzene rings is 1. The number of amides is 3. The number of piperidine rings is 2. The predicted octanol–water partition coefficient (Wildman–Crippen LogP) is 2.36. The number of para-hydroxylation sites is 1. The zero-order chi connectivity index (χ0) is 16.8. The summed E-state index contributed by atoms with van der Waals surface area (Å²) in [4.78, 5) is 26.3. The van der Waals surface area contributed by atoms with E-state index < -0.39 is 0 Å². The molecule has 1 aromatic rings. The van der Waals surface area contributed by atoms with E-state index in [2.05, 4.69) is 16.0 Å². The fourth-order valence-corrected chi connectivity index (χ4v) is 3.33. The highest BCUT2D eigenvalue weighted by Crippen LogP contribution is 2.14. The van der Waals surface area contributed by atoms with Gasteiger partial charge in [0.1, 0.15) is 0 Å². The second-order valence-electron chi connectivity index (χ2n) is 6.57. The minimum Gasteiger partial charge on any atom is -0.352 e. The van der Waals surface area contributed by atoms with Gasteiger partial charge < -0.3 is 20.9 Å². The zero-order valence-corrected chi connectivity index (χ0v) is 15.2. The first-order chi connectivity index (χ1) is 11.7. The van der Waals surface area contributed by atoms with Gasteiger partial charge in [0, 0.05) is 24.8 Å². The lowest BCUT2D eigenvalue weighted by Gasteiger charge is -2.33. The van der Waals surface area contributed by atoms with Crippen molar-refractivity contribution < 1.29 is 9.59 Å². The molecule has 2 saturated heterocycles. The van der Waals surface area contributed by atoms with Crippen LogP contribution in [0.3, 0.4) is 0 Å². The van der Waals surface area contributed by atoms with Crippen LogP contribution in [0.1, 0.15) is 32.1 Å². The van der Waals surface area contributed by atoms with Crippen molar-refractivity contribution in [3.8, 4) is 0 Å². The number of hydrogen-bond acceptors (Lipinski definition) is 3. The molecule has 2 fully saturated rings. The van der Waals surface area contributed by atoms with Crippen molar-refractivity contribution in [2.75, 3.05) is 25.0 Å². The molecule has 0 aliphatic carbocycles. The fourth-order valence-electron chi connectivity index (χ4n) is 3.33. The average molecular weight is 367 g/mol. The van der Waals surface area contributed by atoms with Crippen LogP contribution >= 0.6 is 12.4 Å². The zero-order valence-electron chi connectivity index (χ0n) is 14.4. The number of rotatable bonds is 3. The molecule has 2 heterocycles. The van der Waals surface area contributed by atoms with Crippen LogP contribution in [0, 0.1) is 0 Å². The first kappa shape index (κ1) is 19.5. The van der Waals surface area contributed by atoms with E-state index in [1.54, 1.807) is 0 Å². The van der Waals surface area contributed by atoms with Gasteiger partial charge in [-0.2, -0.15) is 0 Å². The molecular weight excluding hydrogens is 340 g/mol. The molecule has 2 aliphatic rings. The molecule has 6 nitrogen and oxygen atoms in total. The third-order valence-electron chi connectivity index (χ3n) is 4.78. The molecule has 7 heteroatoms. The summed E-state index contributed by atoms with van der Waals surface area (Å²) >= 11 is 0. The lowest BCUT2D eigenvalue weighted by Crippen LogP contribution is -2.53. The van der Waals surface area contributed by atoms with Crippen molar-refractivity contribution in [1.29, 1.82) is 0 Å². The predicted molar refractivity (Wildman–Crippen MR) is 101 cm³/mol. The molecule has 2 aliphatic heterocycles. The Hall–Kier alpha value is -1.79. The number of anilines is 1. The quantitative estimate of drug-likeness (QED) is 0.768. The van der Waals surface area contributed by atoms with Crippen LogP contribution in [0.15, 0.2) is 30.3 Å². The monoisotopic (exact) mass is 366 g/mol. The Morgan fingerprint density at radius 3 is 2.40 bits per heavy atom. The van der Waals surface area contributed by atoms with Crippen LogP contribution < -0.4 is 16.0 Å². The smallest absolute Gasteiger partial charge is 0.321 e. The topological polar surface area (TPSA) is 73.5 Å². The molecule has 138 valence electrons. The van der Waals surface area contributed by atoms with Gasteiger partial charge in [0.2, 0.25) is 5.91 Å². The van der Waals surface area contributed by atoms with Crippen LogP contribution in [0.2, 0.25) is 0 Å². The molecular formula is C18H27ClN4O2. The van der Waals surface area contributed by atoms with Crippen LogP contribution in [0.4, 0.5) is 10.5 Å². The first-order valence-electron chi connectivity index (χ1n) is 8.87. The number of nitrogens with zero attached hydrogens (tertiary/aromatic N) is 1. The van der Waals surface area contributed by atoms with Gasteiger partial charge in [0.25, 0.3) is 0 Å². The Kier molecular flexibility index (Phi) is 7.52. The highest BCUT2D eigenvalue weighted by Gasteiger charge is 2.27. The van der Waals surface area contributed by atoms with E-state index in [1.807, 2.05) is 35.2 Å². The summed E-state index contributed by atoms with van der Waals surface area (Å²) in [6.07, 6.45) is 4.80. The van der Waals surface area contributed by atoms with Gasteiger partial charge in [-0.15, -0.1) is 12.4 Å². The summed E-state index contributed by atoms with van der Waals surface area (Å²) in [5.41, 5.74) is 0.807. The molecule has 3 N–H and O–H groups in total. The first-order valence-corrected chi connectivity index (χ1v) is 8.87. The maximum Gasteiger partial charge on any atom is 0.321 e. The SMILES string of the molecule is Cl.O=C(NC1CCN(C(=O)Nc2ccccc2)CC1)C1CCCCN1. The number of carbonyl (C=O) groups excluding carboxylic acids is 2. The maximum absolute atomic E-state index is 12.3. The van der Waals surface area contributed by atoms with Crippen LogP contribution in [-0.2, 0) is 4.79 Å². The van der Waals surface area contributed by atoms with Gasteiger partial charge in [0.05, 0.1) is 6.04 Å². The Morgan fingerprint density at radius 1 is 1.04 bits per heavy atom. The molecule has 1 aromatic carbocycles. The average Bonchev–Trinajstić information content (AvgIpc) is 2.64. The summed E-state index contributed by atoms with van der Waals surface area (Å²) in [5.74, 6) is 0.113. The largest absolute Gasteiger partial charge is 0.352 e. The molecule has 3 rings (SSSR count). The molecule has 0 bridgehead atoms. The van der Waals surface area contributed by atoms with Crippen molar-refractivity contribution in [3.05, 3.63) is 30.3 Å². The molecule has 0 aromatic heterocycles. The molecule has 0 radical (unpaired) electrons. The van der Waals surface area contributed by atoms with E-state index in [4.69, 9.17) is 0 Å². The Morgan fingerprint density at radius 2 is 1.76 bits per heavy atom. The van der Waals surface area contributed by atoms with E-state index in [0.717, 1.165) is 44.3 Å². The number of hydrogen-bond donors (Lipinski definition) is 3. The Bertz CT molecular complexity index is 555. The standard InChI is InChI=1S/C18H26N4O2.ClH/c23-17(16-8-4-5-11-19-16)20-15-9-12-22(13-10-15)18(24)21-14-6-2-1-3-7-14;/h1-3,6-7,15-16,19H,4-5,8-13H2,(H,20,23)(H,21,24);1H. The van der Waals surface area contributed by atoms with Crippen molar-refractivity contribution in [2.45, 2.75) is 44.2 Å². The molecule has 25 heavy (non-hydrogen) atoms. The summed E-state index contributed by atoms with van der Waals surface area (Å²) in [6.45, 7) is 2.26. The Balaban J connectivity index is 0.00000225. The summed E-state index contributed by atoms with van der Waals surface area (Å²) in [5, 5.41) is 9.32. The third kappa shape index (κ3) is 5.61. The maximum atomic E-state index is 12.3. The van der Waals surface area contributed by atoms with Gasteiger partial charge in [0.15, 0.2) is 0 Å². The molecule has 1 unspecified atom stereocenters. The van der Waals surface area contributed by atoms with Gasteiger partial charge in [-0.1, -0.05) is 24.6 Å². The molecule has 0 saturated carbocycles. The number of urea groups is 1. The lowest BCUT2D eigenvalue weighted by molar-refractivity contribution is -0.124. The van der Waals surface area contributed by atoms with Gasteiger partial charge in [-0.3, -0.25) is 4.79 Å². The van der Waals surface area contributed by atoms with Gasteiger partial charge in [-0.05, 0) is 44.4 Å². The molecule has 1 atom stereocenters. The van der Waals surface area contributed by atoms with E-state index in [1.165, 1.54) is 0 Å². The number of carbonyl (C=O) groups is 2. The summed E-state index contributed by atoms with van der Waals surface area (Å²) in [6, 6.07) is 9.53. The number of nitrogens with one attached hydrogen (secondary N) is 3. The second kappa shape index (κ2) is 9.63. The van der Waals surface area contributed by atoms with Crippen LogP contribution in [0.5, 0.6) is 0 Å². The fraction of sp³-hybridized carbons (Fsp3) is 0.556. The summed E-state index contributed by atoms with van der Waals surface area (Å²) in [7, 11) is 0. The Labute approximate surface area is 155 Å². The van der Waals surface area contributed by atoms with Crippen molar-refractivity contribution in [3.63, 3.8) is 0 Å². The van der Waals surface area contributed by atoms with Crippen molar-refractivity contribution >= 4 is 30.0 Å². The minimum atomic E-state index is -0.0695. The van der Waals surface area contributed by atoms with E-state index in [9.17, 15) is 9.59 Å². The minimum absolute atomic E-state index is 0. The van der Waals surface area contributed by atoms with Gasteiger partial charge >= 0.3 is 6.03 Å². The highest BCUT2D eigenvalue weighted by molar-refractivity contribution is 5.89. The summed E-state index contributed by atoms with van der Waals surface area (Å²) < 4.78 is 0. The van der Waals surface area contributed by atoms with E-state index >= 15 is 0 Å². The van der Waals surface area contributed by atoms with E-state index in [0.29, 0.717) is 13.1 Å². The van der Waals surface area contributed by atoms with Crippen LogP contribution in [0.25, 0.3) is 0 Å². The number of likely N-dealkylation sites (tertiary alicyclic amines) is 1. The van der Waals surface area contributed by atoms with Crippen molar-refractivity contribution in [2.24, 2.45) is 0 Å². The molecule has 0 spiro atoms. The molecule has 3 amide bonds. The lowest BCUT2D eigenvalue weighted by atomic mass is 10.0. The van der Waals surface area contributed by atoms with Crippen LogP contribution in [-0.4, -0.2) is 48.6 Å². The third-order valence-corrected chi connectivity index (χ3v) is 4.78. The van der Waals surface area contributed by atoms with E-state index in [-0.39, 0.29) is 36.4 Å². The number of halogens is 1. The highest BCUT2D eigenvalue weighted by atomic mass is 35.5. The normalized spacial score (nSPS) is 21.1. The second-order valence-corrected chi connectivity index (χ2v) is 6.57. The van der Waals surface area contributed by atoms with Gasteiger partial charge in [-0.25, -0.2) is 4.79 Å².